The van der Waals surface area contributed by atoms with E-state index in [2.05, 4.69) is 0 Å². The van der Waals surface area contributed by atoms with E-state index in [1.165, 1.54) is 35.7 Å². The summed E-state index contributed by atoms with van der Waals surface area (Å²) in [5, 5.41) is 1.81. The van der Waals surface area contributed by atoms with Gasteiger partial charge in [-0.3, -0.25) is 0 Å². The van der Waals surface area contributed by atoms with Gasteiger partial charge in [-0.05, 0) is 44.4 Å². The highest BCUT2D eigenvalue weighted by molar-refractivity contribution is 7.97. The van der Waals surface area contributed by atoms with Crippen molar-refractivity contribution in [1.82, 2.24) is 0 Å². The van der Waals surface area contributed by atoms with Crippen LogP contribution in [0.4, 0.5) is 13.2 Å². The van der Waals surface area contributed by atoms with Crippen molar-refractivity contribution in [1.29, 1.82) is 0 Å². The molecule has 0 radical (unpaired) electrons. The van der Waals surface area contributed by atoms with E-state index in [9.17, 15) is 13.2 Å². The second kappa shape index (κ2) is 6.63. The molecule has 1 saturated heterocycles. The van der Waals surface area contributed by atoms with Gasteiger partial charge in [0.05, 0.1) is 0 Å². The molecule has 2 aromatic rings. The summed E-state index contributed by atoms with van der Waals surface area (Å²) in [4.78, 5) is 1.27. The highest BCUT2D eigenvalue weighted by Crippen LogP contribution is 2.36. The Hall–Kier alpha value is -1.36. The first-order chi connectivity index (χ1) is 11.0. The molecule has 0 aromatic heterocycles. The van der Waals surface area contributed by atoms with Crippen molar-refractivity contribution in [3.63, 3.8) is 0 Å². The molecule has 1 aliphatic rings. The summed E-state index contributed by atoms with van der Waals surface area (Å²) in [5.74, 6) is 2.68. The zero-order valence-corrected chi connectivity index (χ0v) is 13.8. The maximum absolute atomic E-state index is 12.8. The minimum Gasteiger partial charge on any atom is -0.481 e. The summed E-state index contributed by atoms with van der Waals surface area (Å²) >= 11 is 0. The molecule has 0 amide bonds. The maximum Gasteiger partial charge on any atom is 0.425 e. The van der Waals surface area contributed by atoms with Crippen molar-refractivity contribution in [2.75, 3.05) is 11.5 Å². The van der Waals surface area contributed by atoms with Crippen LogP contribution in [0.1, 0.15) is 26.2 Å². The van der Waals surface area contributed by atoms with Gasteiger partial charge in [0, 0.05) is 21.7 Å². The van der Waals surface area contributed by atoms with Crippen LogP contribution in [0.3, 0.4) is 0 Å². The first-order valence-corrected chi connectivity index (χ1v) is 9.46. The third-order valence-electron chi connectivity index (χ3n) is 4.20. The van der Waals surface area contributed by atoms with Crippen LogP contribution in [0.25, 0.3) is 10.8 Å². The topological polar surface area (TPSA) is 9.23 Å². The van der Waals surface area contributed by atoms with E-state index in [1.54, 1.807) is 6.07 Å². The molecule has 0 aliphatic carbocycles. The van der Waals surface area contributed by atoms with E-state index < -0.39 is 12.3 Å². The summed E-state index contributed by atoms with van der Waals surface area (Å²) in [6.07, 6.45) is -2.41. The zero-order valence-electron chi connectivity index (χ0n) is 13.0. The van der Waals surface area contributed by atoms with Crippen LogP contribution in [0.5, 0.6) is 5.75 Å². The van der Waals surface area contributed by atoms with Gasteiger partial charge >= 0.3 is 6.18 Å². The third kappa shape index (κ3) is 3.60. The summed E-state index contributed by atoms with van der Waals surface area (Å²) in [5.41, 5.74) is 0. The van der Waals surface area contributed by atoms with Gasteiger partial charge in [0.1, 0.15) is 17.3 Å². The van der Waals surface area contributed by atoms with E-state index in [4.69, 9.17) is 4.74 Å². The van der Waals surface area contributed by atoms with Crippen LogP contribution in [-0.2, 0) is 10.9 Å². The van der Waals surface area contributed by atoms with Gasteiger partial charge in [0.2, 0.25) is 0 Å². The highest BCUT2D eigenvalue weighted by Gasteiger charge is 2.38. The first-order valence-electron chi connectivity index (χ1n) is 7.89. The molecule has 1 aliphatic heterocycles. The van der Waals surface area contributed by atoms with Crippen LogP contribution in [0.15, 0.2) is 41.3 Å². The molecular formula is C18H20F3OS+. The smallest absolute Gasteiger partial charge is 0.425 e. The molecule has 5 heteroatoms. The molecular weight excluding hydrogens is 321 g/mol. The largest absolute Gasteiger partial charge is 0.481 e. The minimum atomic E-state index is -4.36. The Bertz CT molecular complexity index is 678. The van der Waals surface area contributed by atoms with Gasteiger partial charge in [0.15, 0.2) is 11.0 Å². The molecule has 3 rings (SSSR count). The van der Waals surface area contributed by atoms with Crippen LogP contribution in [0.2, 0.25) is 0 Å². The lowest BCUT2D eigenvalue weighted by atomic mass is 10.1. The van der Waals surface area contributed by atoms with Gasteiger partial charge in [-0.2, -0.15) is 13.2 Å². The molecule has 1 heterocycles. The van der Waals surface area contributed by atoms with Crippen molar-refractivity contribution in [3.8, 4) is 5.75 Å². The molecule has 23 heavy (non-hydrogen) atoms. The molecule has 1 nitrogen and oxygen atoms in total. The van der Waals surface area contributed by atoms with Crippen LogP contribution in [0, 0.1) is 0 Å². The Morgan fingerprint density at radius 3 is 2.26 bits per heavy atom. The van der Waals surface area contributed by atoms with Gasteiger partial charge < -0.3 is 4.74 Å². The molecule has 0 N–H and O–H groups in total. The SMILES string of the molecule is CC(Oc1ccc([S+]2CCCCC2)c2ccccc12)C(F)(F)F. The Balaban J connectivity index is 1.99. The van der Waals surface area contributed by atoms with Crippen molar-refractivity contribution in [2.45, 2.75) is 43.4 Å². The molecule has 1 unspecified atom stereocenters. The average molecular weight is 341 g/mol. The molecule has 2 aromatic carbocycles. The van der Waals surface area contributed by atoms with Gasteiger partial charge in [0.25, 0.3) is 0 Å². The van der Waals surface area contributed by atoms with E-state index in [0.29, 0.717) is 5.75 Å². The molecule has 0 bridgehead atoms. The number of ether oxygens (including phenoxy) is 1. The Morgan fingerprint density at radius 2 is 1.61 bits per heavy atom. The molecule has 1 fully saturated rings. The minimum absolute atomic E-state index is 0.202. The lowest BCUT2D eigenvalue weighted by Gasteiger charge is -2.20. The van der Waals surface area contributed by atoms with Crippen molar-refractivity contribution >= 4 is 21.7 Å². The highest BCUT2D eigenvalue weighted by atomic mass is 32.2. The molecule has 1 atom stereocenters. The van der Waals surface area contributed by atoms with Crippen LogP contribution in [-0.4, -0.2) is 23.8 Å². The molecule has 124 valence electrons. The number of fused-ring (bicyclic) bond motifs is 1. The van der Waals surface area contributed by atoms with E-state index in [0.717, 1.165) is 17.7 Å². The first kappa shape index (κ1) is 16.5. The number of hydrogen-bond donors (Lipinski definition) is 0. The Morgan fingerprint density at radius 1 is 0.957 bits per heavy atom. The van der Waals surface area contributed by atoms with Gasteiger partial charge in [-0.1, -0.05) is 18.2 Å². The summed E-state index contributed by atoms with van der Waals surface area (Å²) < 4.78 is 43.6. The summed E-state index contributed by atoms with van der Waals surface area (Å²) in [6, 6.07) is 11.3. The van der Waals surface area contributed by atoms with Gasteiger partial charge in [-0.15, -0.1) is 0 Å². The number of rotatable bonds is 3. The maximum atomic E-state index is 12.8. The van der Waals surface area contributed by atoms with Crippen molar-refractivity contribution in [3.05, 3.63) is 36.4 Å². The molecule has 0 saturated carbocycles. The van der Waals surface area contributed by atoms with E-state index >= 15 is 0 Å². The quantitative estimate of drug-likeness (QED) is 0.686. The Labute approximate surface area is 137 Å². The number of halogens is 3. The fourth-order valence-corrected chi connectivity index (χ4v) is 5.41. The number of alkyl halides is 3. The monoisotopic (exact) mass is 341 g/mol. The predicted molar refractivity (Wildman–Crippen MR) is 89.3 cm³/mol. The van der Waals surface area contributed by atoms with E-state index in [1.807, 2.05) is 30.3 Å². The fourth-order valence-electron chi connectivity index (χ4n) is 2.91. The fraction of sp³-hybridized carbons (Fsp3) is 0.444. The van der Waals surface area contributed by atoms with Crippen LogP contribution < -0.4 is 4.74 Å². The average Bonchev–Trinajstić information content (AvgIpc) is 2.55. The third-order valence-corrected chi connectivity index (χ3v) is 6.74. The predicted octanol–water partition coefficient (Wildman–Crippen LogP) is 5.33. The number of benzene rings is 2. The standard InChI is InChI=1S/C18H20F3OS/c1-13(18(19,20)21)22-16-9-10-17(23-11-5-2-6-12-23)15-8-4-3-7-14(15)16/h3-4,7-10,13H,2,5-6,11-12H2,1H3/q+1. The lowest BCUT2D eigenvalue weighted by Crippen LogP contribution is -2.31. The Kier molecular flexibility index (Phi) is 4.76. The molecule has 0 spiro atoms. The second-order valence-electron chi connectivity index (χ2n) is 5.87. The normalized spacial score (nSPS) is 18.1. The van der Waals surface area contributed by atoms with Crippen LogP contribution >= 0.6 is 0 Å². The second-order valence-corrected chi connectivity index (χ2v) is 8.11. The van der Waals surface area contributed by atoms with Crippen molar-refractivity contribution in [2.24, 2.45) is 0 Å². The number of hydrogen-bond acceptors (Lipinski definition) is 1. The van der Waals surface area contributed by atoms with E-state index in [-0.39, 0.29) is 10.9 Å². The lowest BCUT2D eigenvalue weighted by molar-refractivity contribution is -0.188. The van der Waals surface area contributed by atoms with Crippen molar-refractivity contribution < 1.29 is 17.9 Å². The summed E-state index contributed by atoms with van der Waals surface area (Å²) in [6.45, 7) is 1.05. The van der Waals surface area contributed by atoms with Gasteiger partial charge in [-0.25, -0.2) is 0 Å². The summed E-state index contributed by atoms with van der Waals surface area (Å²) in [7, 11) is 0.202. The zero-order chi connectivity index (χ0) is 16.4.